The molecule has 0 saturated heterocycles. The molecule has 0 saturated carbocycles. The Bertz CT molecular complexity index is 1090. The molecular weight excluding hydrogens is 326 g/mol. The topological polar surface area (TPSA) is 103 Å². The molecule has 0 aliphatic heterocycles. The molecule has 2 heterocycles. The number of aromatic nitrogens is 4. The van der Waals surface area contributed by atoms with Crippen LogP contribution in [0, 0.1) is 13.8 Å². The molecule has 0 aliphatic rings. The summed E-state index contributed by atoms with van der Waals surface area (Å²) in [6.07, 6.45) is 1.44. The second-order valence-electron chi connectivity index (χ2n) is 4.57. The highest BCUT2D eigenvalue weighted by atomic mass is 35.7. The van der Waals surface area contributed by atoms with Crippen LogP contribution >= 0.6 is 10.7 Å². The molecule has 0 amide bonds. The summed E-state index contributed by atoms with van der Waals surface area (Å²) in [5.74, 6) is 0.740. The lowest BCUT2D eigenvalue weighted by Gasteiger charge is -2.04. The van der Waals surface area contributed by atoms with Crippen LogP contribution in [0.5, 0.6) is 0 Å². The quantitative estimate of drug-likeness (QED) is 0.715. The van der Waals surface area contributed by atoms with Crippen molar-refractivity contribution in [3.05, 3.63) is 35.8 Å². The van der Waals surface area contributed by atoms with E-state index in [0.717, 1.165) is 6.07 Å². The predicted molar refractivity (Wildman–Crippen MR) is 83.1 cm³/mol. The first-order valence-electron chi connectivity index (χ1n) is 7.55. The summed E-state index contributed by atoms with van der Waals surface area (Å²) >= 11 is 0. The molecule has 0 aliphatic carbocycles. The van der Waals surface area contributed by atoms with Gasteiger partial charge < -0.3 is 5.73 Å². The second kappa shape index (κ2) is 4.92. The number of nitrogens with two attached hydrogens (primary N) is 1. The van der Waals surface area contributed by atoms with Crippen LogP contribution in [0.2, 0.25) is 0 Å². The summed E-state index contributed by atoms with van der Waals surface area (Å²) in [5.41, 5.74) is 6.04. The monoisotopic (exact) mass is 340 g/mol. The summed E-state index contributed by atoms with van der Waals surface area (Å²) in [7, 11) is 1.33. The van der Waals surface area contributed by atoms with Crippen molar-refractivity contribution in [1.82, 2.24) is 19.4 Å². The van der Waals surface area contributed by atoms with Crippen molar-refractivity contribution >= 4 is 31.5 Å². The smallest absolute Gasteiger partial charge is 0.261 e. The Morgan fingerprint density at radius 3 is 2.77 bits per heavy atom. The Morgan fingerprint density at radius 2 is 2.09 bits per heavy atom. The number of anilines is 1. The van der Waals surface area contributed by atoms with Crippen molar-refractivity contribution in [2.75, 3.05) is 5.73 Å². The molecule has 0 spiro atoms. The van der Waals surface area contributed by atoms with E-state index in [1.807, 2.05) is 0 Å². The lowest BCUT2D eigenvalue weighted by molar-refractivity contribution is 0.609. The predicted octanol–water partition coefficient (Wildman–Crippen LogP) is 1.92. The van der Waals surface area contributed by atoms with E-state index >= 15 is 0 Å². The number of imidazole rings is 1. The van der Waals surface area contributed by atoms with Crippen LogP contribution in [-0.2, 0) is 9.05 Å². The average Bonchev–Trinajstić information content (AvgIpc) is 2.89. The Hall–Kier alpha value is -2.19. The van der Waals surface area contributed by atoms with Gasteiger partial charge in [0.1, 0.15) is 5.82 Å². The zero-order valence-electron chi connectivity index (χ0n) is 14.3. The first kappa shape index (κ1) is 11.4. The average molecular weight is 341 g/mol. The zero-order valence-corrected chi connectivity index (χ0v) is 12.9. The number of nitrogens with zero attached hydrogens (tertiary/aromatic N) is 4. The lowest BCUT2D eigenvalue weighted by atomic mass is 10.1. The summed E-state index contributed by atoms with van der Waals surface area (Å²) in [6.45, 7) is -0.841. The number of rotatable bonds is 2. The molecule has 1 aromatic carbocycles. The number of fused-ring (bicyclic) bond motifs is 1. The molecule has 114 valence electrons. The van der Waals surface area contributed by atoms with Gasteiger partial charge in [0.05, 0.1) is 10.6 Å². The molecule has 0 unspecified atom stereocenters. The summed E-state index contributed by atoms with van der Waals surface area (Å²) in [6, 6.07) is 3.51. The zero-order chi connectivity index (χ0) is 18.6. The minimum absolute atomic E-state index is 0.0665. The number of benzene rings is 1. The highest BCUT2D eigenvalue weighted by molar-refractivity contribution is 8.13. The van der Waals surface area contributed by atoms with Gasteiger partial charge in [-0.05, 0) is 31.5 Å². The molecule has 3 rings (SSSR count). The molecule has 0 radical (unpaired) electrons. The first-order valence-corrected chi connectivity index (χ1v) is 8.36. The molecule has 0 fully saturated rings. The largest absolute Gasteiger partial charge is 0.369 e. The first-order chi connectivity index (χ1) is 11.5. The highest BCUT2D eigenvalue weighted by Gasteiger charge is 2.15. The number of halogens is 1. The summed E-state index contributed by atoms with van der Waals surface area (Å²) < 4.78 is 47.6. The van der Waals surface area contributed by atoms with Crippen LogP contribution in [0.15, 0.2) is 29.3 Å². The fourth-order valence-electron chi connectivity index (χ4n) is 2.02. The van der Waals surface area contributed by atoms with Crippen LogP contribution in [0.1, 0.15) is 15.5 Å². The van der Waals surface area contributed by atoms with Gasteiger partial charge in [-0.15, -0.1) is 0 Å². The molecule has 2 aromatic heterocycles. The molecule has 7 nitrogen and oxygen atoms in total. The van der Waals surface area contributed by atoms with Gasteiger partial charge in [0, 0.05) is 26.6 Å². The van der Waals surface area contributed by atoms with E-state index < -0.39 is 15.9 Å². The van der Waals surface area contributed by atoms with Gasteiger partial charge >= 0.3 is 0 Å². The third-order valence-corrected chi connectivity index (χ3v) is 4.37. The van der Waals surface area contributed by atoms with Crippen LogP contribution in [0.4, 0.5) is 5.95 Å². The minimum Gasteiger partial charge on any atom is -0.369 e. The fourth-order valence-corrected chi connectivity index (χ4v) is 2.80. The fraction of sp³-hybridized carbons (Fsp3) is 0.154. The number of nitrogen functional groups attached to an aromatic ring is 1. The summed E-state index contributed by atoms with van der Waals surface area (Å²) in [5, 5.41) is 0. The number of aryl methyl sites for hydroxylation is 2. The molecule has 9 heteroatoms. The standard InChI is InChI=1S/C13H12ClN5O2S/c1-7-3-4-9(22(14,20)21)5-10(7)11-6-19-12(15)16-8(2)17-13(19)18-11/h3-6H,1-2H3,(H2,15,16,17,18)/i1D3. The van der Waals surface area contributed by atoms with E-state index in [0.29, 0.717) is 5.82 Å². The molecule has 2 N–H and O–H groups in total. The molecular formula is C13H12ClN5O2S. The third kappa shape index (κ3) is 2.51. The van der Waals surface area contributed by atoms with Gasteiger partial charge in [0.15, 0.2) is 0 Å². The Morgan fingerprint density at radius 1 is 1.32 bits per heavy atom. The van der Waals surface area contributed by atoms with Crippen LogP contribution < -0.4 is 5.73 Å². The number of hydrogen-bond donors (Lipinski definition) is 1. The van der Waals surface area contributed by atoms with Crippen molar-refractivity contribution in [1.29, 1.82) is 0 Å². The lowest BCUT2D eigenvalue weighted by Crippen LogP contribution is -2.03. The van der Waals surface area contributed by atoms with Gasteiger partial charge in [0.2, 0.25) is 11.7 Å². The van der Waals surface area contributed by atoms with Crippen LogP contribution in [0.3, 0.4) is 0 Å². The van der Waals surface area contributed by atoms with E-state index in [1.54, 1.807) is 6.92 Å². The van der Waals surface area contributed by atoms with Crippen molar-refractivity contribution in [3.63, 3.8) is 0 Å². The molecule has 0 atom stereocenters. The van der Waals surface area contributed by atoms with E-state index in [1.165, 1.54) is 22.7 Å². The SMILES string of the molecule is [2H]C([2H])([2H])c1ccc(S(=O)(=O)Cl)cc1-c1cn2c(N)nc(C)nc2n1. The van der Waals surface area contributed by atoms with Crippen LogP contribution in [-0.4, -0.2) is 27.8 Å². The number of hydrogen-bond acceptors (Lipinski definition) is 6. The highest BCUT2D eigenvalue weighted by Crippen LogP contribution is 2.27. The Labute approximate surface area is 135 Å². The van der Waals surface area contributed by atoms with E-state index in [9.17, 15) is 8.42 Å². The maximum absolute atomic E-state index is 11.6. The Balaban J connectivity index is 2.33. The Kier molecular flexibility index (Phi) is 2.55. The van der Waals surface area contributed by atoms with Crippen molar-refractivity contribution in [2.45, 2.75) is 18.7 Å². The molecule has 0 bridgehead atoms. The van der Waals surface area contributed by atoms with Gasteiger partial charge in [0.25, 0.3) is 9.05 Å². The third-order valence-electron chi connectivity index (χ3n) is 3.02. The van der Waals surface area contributed by atoms with Gasteiger partial charge in [-0.1, -0.05) is 6.07 Å². The van der Waals surface area contributed by atoms with Crippen molar-refractivity contribution in [3.8, 4) is 11.3 Å². The second-order valence-corrected chi connectivity index (χ2v) is 7.14. The molecule has 3 aromatic rings. The van der Waals surface area contributed by atoms with E-state index in [4.69, 9.17) is 20.5 Å². The van der Waals surface area contributed by atoms with Gasteiger partial charge in [-0.3, -0.25) is 4.40 Å². The van der Waals surface area contributed by atoms with E-state index in [2.05, 4.69) is 15.0 Å². The van der Waals surface area contributed by atoms with Gasteiger partial charge in [-0.25, -0.2) is 13.4 Å². The maximum Gasteiger partial charge on any atom is 0.261 e. The van der Waals surface area contributed by atoms with Gasteiger partial charge in [-0.2, -0.15) is 9.97 Å². The summed E-state index contributed by atoms with van der Waals surface area (Å²) in [4.78, 5) is 12.1. The molecule has 22 heavy (non-hydrogen) atoms. The van der Waals surface area contributed by atoms with Crippen molar-refractivity contribution in [2.24, 2.45) is 0 Å². The van der Waals surface area contributed by atoms with Crippen molar-refractivity contribution < 1.29 is 12.5 Å². The van der Waals surface area contributed by atoms with Crippen LogP contribution in [0.25, 0.3) is 17.0 Å². The minimum atomic E-state index is -4.04. The normalized spacial score (nSPS) is 14.5. The van der Waals surface area contributed by atoms with E-state index in [-0.39, 0.29) is 33.4 Å². The maximum atomic E-state index is 11.6.